The molecule has 17 heavy (non-hydrogen) atoms. The standard InChI is InChI=1S/C13H15N3O/c1-16-8-15-7-11(16)13-6-10(14)9-4-2-3-5-12(9)17-13/h2-5,7-8,10,13H,6,14H2,1H3/t10-,13?/m0/s1. The number of aromatic nitrogens is 2. The number of hydrogen-bond acceptors (Lipinski definition) is 3. The van der Waals surface area contributed by atoms with E-state index in [2.05, 4.69) is 4.98 Å². The van der Waals surface area contributed by atoms with E-state index in [9.17, 15) is 0 Å². The van der Waals surface area contributed by atoms with E-state index in [1.165, 1.54) is 0 Å². The lowest BCUT2D eigenvalue weighted by atomic mass is 9.96. The van der Waals surface area contributed by atoms with Crippen LogP contribution in [0.3, 0.4) is 0 Å². The van der Waals surface area contributed by atoms with Gasteiger partial charge in [-0.05, 0) is 6.07 Å². The summed E-state index contributed by atoms with van der Waals surface area (Å²) in [7, 11) is 1.97. The Balaban J connectivity index is 1.96. The monoisotopic (exact) mass is 229 g/mol. The molecule has 1 aliphatic heterocycles. The highest BCUT2D eigenvalue weighted by Gasteiger charge is 2.28. The number of aryl methyl sites for hydroxylation is 1. The van der Waals surface area contributed by atoms with Crippen molar-refractivity contribution in [2.75, 3.05) is 0 Å². The van der Waals surface area contributed by atoms with E-state index < -0.39 is 0 Å². The minimum Gasteiger partial charge on any atom is -0.484 e. The molecule has 88 valence electrons. The summed E-state index contributed by atoms with van der Waals surface area (Å²) in [5.74, 6) is 0.887. The molecule has 4 nitrogen and oxygen atoms in total. The molecule has 3 rings (SSSR count). The number of para-hydroxylation sites is 1. The second-order valence-corrected chi connectivity index (χ2v) is 4.42. The van der Waals surface area contributed by atoms with E-state index in [4.69, 9.17) is 10.5 Å². The summed E-state index contributed by atoms with van der Waals surface area (Å²) in [4.78, 5) is 4.12. The van der Waals surface area contributed by atoms with Crippen molar-refractivity contribution in [3.63, 3.8) is 0 Å². The quantitative estimate of drug-likeness (QED) is 0.813. The molecule has 0 aliphatic carbocycles. The number of hydrogen-bond donors (Lipinski definition) is 1. The Labute approximate surface area is 100 Å². The average molecular weight is 229 g/mol. The lowest BCUT2D eigenvalue weighted by Gasteiger charge is -2.30. The van der Waals surface area contributed by atoms with Crippen LogP contribution in [-0.2, 0) is 7.05 Å². The maximum absolute atomic E-state index is 6.18. The summed E-state index contributed by atoms with van der Waals surface area (Å²) in [5.41, 5.74) is 8.34. The first-order valence-electron chi connectivity index (χ1n) is 5.73. The number of fused-ring (bicyclic) bond motifs is 1. The lowest BCUT2D eigenvalue weighted by molar-refractivity contribution is 0.154. The molecule has 2 atom stereocenters. The van der Waals surface area contributed by atoms with Crippen molar-refractivity contribution in [2.45, 2.75) is 18.6 Å². The fourth-order valence-corrected chi connectivity index (χ4v) is 2.31. The first kappa shape index (κ1) is 10.4. The molecule has 4 heteroatoms. The zero-order valence-corrected chi connectivity index (χ0v) is 9.71. The van der Waals surface area contributed by atoms with Crippen LogP contribution in [0.15, 0.2) is 36.8 Å². The molecule has 0 saturated carbocycles. The number of ether oxygens (including phenoxy) is 1. The molecule has 2 aromatic rings. The molecule has 0 radical (unpaired) electrons. The number of nitrogens with zero attached hydrogens (tertiary/aromatic N) is 2. The van der Waals surface area contributed by atoms with Gasteiger partial charge < -0.3 is 15.0 Å². The van der Waals surface area contributed by atoms with Crippen LogP contribution < -0.4 is 10.5 Å². The van der Waals surface area contributed by atoms with Crippen LogP contribution in [0.1, 0.15) is 29.8 Å². The molecule has 1 unspecified atom stereocenters. The third kappa shape index (κ3) is 1.70. The van der Waals surface area contributed by atoms with Crippen LogP contribution in [-0.4, -0.2) is 9.55 Å². The smallest absolute Gasteiger partial charge is 0.142 e. The summed E-state index contributed by atoms with van der Waals surface area (Å²) in [6.07, 6.45) is 4.40. The second kappa shape index (κ2) is 3.89. The zero-order valence-electron chi connectivity index (χ0n) is 9.71. The van der Waals surface area contributed by atoms with Gasteiger partial charge in [0.2, 0.25) is 0 Å². The van der Waals surface area contributed by atoms with Crippen molar-refractivity contribution >= 4 is 0 Å². The van der Waals surface area contributed by atoms with Gasteiger partial charge in [0.05, 0.1) is 18.2 Å². The third-order valence-corrected chi connectivity index (χ3v) is 3.24. The summed E-state index contributed by atoms with van der Waals surface area (Å²) in [5, 5.41) is 0. The van der Waals surface area contributed by atoms with Gasteiger partial charge in [-0.1, -0.05) is 18.2 Å². The molecule has 0 bridgehead atoms. The van der Waals surface area contributed by atoms with Crippen LogP contribution >= 0.6 is 0 Å². The summed E-state index contributed by atoms with van der Waals surface area (Å²) < 4.78 is 7.96. The van der Waals surface area contributed by atoms with Crippen LogP contribution in [0.4, 0.5) is 0 Å². The predicted octanol–water partition coefficient (Wildman–Crippen LogP) is 1.94. The van der Waals surface area contributed by atoms with Crippen molar-refractivity contribution in [1.82, 2.24) is 9.55 Å². The Kier molecular flexibility index (Phi) is 2.37. The number of imidazole rings is 1. The largest absolute Gasteiger partial charge is 0.484 e. The topological polar surface area (TPSA) is 53.1 Å². The Morgan fingerprint density at radius 3 is 3.00 bits per heavy atom. The van der Waals surface area contributed by atoms with Gasteiger partial charge in [0.25, 0.3) is 0 Å². The molecular weight excluding hydrogens is 214 g/mol. The fraction of sp³-hybridized carbons (Fsp3) is 0.308. The van der Waals surface area contributed by atoms with Crippen molar-refractivity contribution in [3.05, 3.63) is 48.0 Å². The van der Waals surface area contributed by atoms with Gasteiger partial charge in [-0.2, -0.15) is 0 Å². The SMILES string of the molecule is Cn1cncc1C1C[C@H](N)c2ccccc2O1. The van der Waals surface area contributed by atoms with Gasteiger partial charge in [-0.25, -0.2) is 4.98 Å². The molecule has 1 aliphatic rings. The van der Waals surface area contributed by atoms with Crippen molar-refractivity contribution in [3.8, 4) is 5.75 Å². The van der Waals surface area contributed by atoms with E-state index >= 15 is 0 Å². The molecule has 1 aromatic carbocycles. The molecule has 2 heterocycles. The molecule has 1 aromatic heterocycles. The number of benzene rings is 1. The van der Waals surface area contributed by atoms with Gasteiger partial charge in [-0.3, -0.25) is 0 Å². The van der Waals surface area contributed by atoms with Gasteiger partial charge in [0, 0.05) is 25.1 Å². The average Bonchev–Trinajstić information content (AvgIpc) is 2.75. The normalized spacial score (nSPS) is 22.9. The van der Waals surface area contributed by atoms with E-state index in [0.717, 1.165) is 23.4 Å². The lowest BCUT2D eigenvalue weighted by Crippen LogP contribution is -2.25. The first-order valence-corrected chi connectivity index (χ1v) is 5.73. The van der Waals surface area contributed by atoms with Gasteiger partial charge in [0.15, 0.2) is 0 Å². The maximum atomic E-state index is 6.18. The highest BCUT2D eigenvalue weighted by molar-refractivity contribution is 5.38. The van der Waals surface area contributed by atoms with E-state index in [0.29, 0.717) is 0 Å². The third-order valence-electron chi connectivity index (χ3n) is 3.24. The van der Waals surface area contributed by atoms with Crippen LogP contribution in [0.2, 0.25) is 0 Å². The van der Waals surface area contributed by atoms with Crippen molar-refractivity contribution in [1.29, 1.82) is 0 Å². The van der Waals surface area contributed by atoms with Crippen LogP contribution in [0, 0.1) is 0 Å². The molecule has 0 fully saturated rings. The van der Waals surface area contributed by atoms with Crippen molar-refractivity contribution in [2.24, 2.45) is 12.8 Å². The maximum Gasteiger partial charge on any atom is 0.142 e. The Bertz CT molecular complexity index is 535. The van der Waals surface area contributed by atoms with Crippen LogP contribution in [0.5, 0.6) is 5.75 Å². The molecule has 0 spiro atoms. The van der Waals surface area contributed by atoms with Crippen molar-refractivity contribution < 1.29 is 4.74 Å². The predicted molar refractivity (Wildman–Crippen MR) is 64.6 cm³/mol. The summed E-state index contributed by atoms with van der Waals surface area (Å²) in [6, 6.07) is 7.99. The highest BCUT2D eigenvalue weighted by Crippen LogP contribution is 2.38. The van der Waals surface area contributed by atoms with E-state index in [-0.39, 0.29) is 12.1 Å². The summed E-state index contributed by atoms with van der Waals surface area (Å²) >= 11 is 0. The Morgan fingerprint density at radius 1 is 1.41 bits per heavy atom. The minimum absolute atomic E-state index is 0.00704. The number of nitrogens with two attached hydrogens (primary N) is 1. The van der Waals surface area contributed by atoms with Gasteiger partial charge in [-0.15, -0.1) is 0 Å². The highest BCUT2D eigenvalue weighted by atomic mass is 16.5. The minimum atomic E-state index is -0.00704. The van der Waals surface area contributed by atoms with Gasteiger partial charge >= 0.3 is 0 Å². The second-order valence-electron chi connectivity index (χ2n) is 4.42. The Hall–Kier alpha value is -1.81. The Morgan fingerprint density at radius 2 is 2.24 bits per heavy atom. The van der Waals surface area contributed by atoms with Gasteiger partial charge in [0.1, 0.15) is 11.9 Å². The first-order chi connectivity index (χ1) is 8.25. The van der Waals surface area contributed by atoms with E-state index in [1.54, 1.807) is 6.33 Å². The molecule has 0 saturated heterocycles. The zero-order chi connectivity index (χ0) is 11.8. The molecule has 2 N–H and O–H groups in total. The summed E-state index contributed by atoms with van der Waals surface area (Å²) in [6.45, 7) is 0. The molecule has 0 amide bonds. The fourth-order valence-electron chi connectivity index (χ4n) is 2.31. The van der Waals surface area contributed by atoms with Crippen LogP contribution in [0.25, 0.3) is 0 Å². The van der Waals surface area contributed by atoms with E-state index in [1.807, 2.05) is 42.1 Å². The number of rotatable bonds is 1. The molecular formula is C13H15N3O.